The normalized spacial score (nSPS) is 10.9. The number of nitro groups is 1. The molecule has 3 aromatic carbocycles. The van der Waals surface area contributed by atoms with Crippen molar-refractivity contribution in [2.45, 2.75) is 0 Å². The van der Waals surface area contributed by atoms with E-state index in [2.05, 4.69) is 4.98 Å². The Labute approximate surface area is 168 Å². The lowest BCUT2D eigenvalue weighted by atomic mass is 9.95. The first kappa shape index (κ1) is 18.3. The van der Waals surface area contributed by atoms with Crippen LogP contribution in [0, 0.1) is 10.1 Å². The van der Waals surface area contributed by atoms with Gasteiger partial charge in [0.1, 0.15) is 0 Å². The zero-order valence-electron chi connectivity index (χ0n) is 15.5. The quantitative estimate of drug-likeness (QED) is 0.240. The van der Waals surface area contributed by atoms with Gasteiger partial charge in [0, 0.05) is 29.5 Å². The third-order valence-corrected chi connectivity index (χ3v) is 4.49. The fourth-order valence-corrected chi connectivity index (χ4v) is 3.12. The highest BCUT2D eigenvalue weighted by atomic mass is 16.6. The molecule has 0 saturated carbocycles. The third-order valence-electron chi connectivity index (χ3n) is 4.49. The van der Waals surface area contributed by atoms with E-state index in [0.29, 0.717) is 22.5 Å². The molecule has 0 atom stereocenters. The molecule has 0 N–H and O–H groups in total. The summed E-state index contributed by atoms with van der Waals surface area (Å²) in [4.78, 5) is 20.3. The molecule has 0 saturated heterocycles. The zero-order chi connectivity index (χ0) is 20.1. The Bertz CT molecular complexity index is 1100. The van der Waals surface area contributed by atoms with Crippen LogP contribution in [0.4, 0.5) is 11.4 Å². The van der Waals surface area contributed by atoms with Crippen LogP contribution in [0.5, 0.6) is 0 Å². The van der Waals surface area contributed by atoms with Crippen LogP contribution in [0.2, 0.25) is 0 Å². The lowest BCUT2D eigenvalue weighted by molar-refractivity contribution is -0.384. The summed E-state index contributed by atoms with van der Waals surface area (Å²) in [5.74, 6) is 0. The molecule has 1 aromatic heterocycles. The summed E-state index contributed by atoms with van der Waals surface area (Å²) >= 11 is 0. The van der Waals surface area contributed by atoms with Crippen molar-refractivity contribution >= 4 is 17.6 Å². The van der Waals surface area contributed by atoms with Crippen molar-refractivity contribution in [2.75, 3.05) is 0 Å². The van der Waals surface area contributed by atoms with Gasteiger partial charge in [-0.1, -0.05) is 66.7 Å². The highest BCUT2D eigenvalue weighted by Crippen LogP contribution is 2.42. The fourth-order valence-electron chi connectivity index (χ4n) is 3.12. The molecule has 0 aliphatic heterocycles. The fraction of sp³-hybridized carbons (Fsp3) is 0. The van der Waals surface area contributed by atoms with Crippen molar-refractivity contribution in [1.82, 2.24) is 4.98 Å². The summed E-state index contributed by atoms with van der Waals surface area (Å²) in [6, 6.07) is 27.9. The summed E-state index contributed by atoms with van der Waals surface area (Å²) in [5, 5.41) is 11.6. The number of hydrogen-bond acceptors (Lipinski definition) is 4. The lowest BCUT2D eigenvalue weighted by Gasteiger charge is -2.12. The van der Waals surface area contributed by atoms with E-state index in [1.165, 1.54) is 0 Å². The second-order valence-electron chi connectivity index (χ2n) is 6.39. The SMILES string of the molecule is O=[N+]([O-])c1cc(-c2ccccc2)c(/N=C/c2ccccn2)c(-c2ccccc2)c1. The van der Waals surface area contributed by atoms with Crippen LogP contribution in [0.15, 0.2) is 102 Å². The number of rotatable bonds is 5. The minimum Gasteiger partial charge on any atom is -0.258 e. The van der Waals surface area contributed by atoms with Crippen molar-refractivity contribution in [3.8, 4) is 22.3 Å². The summed E-state index contributed by atoms with van der Waals surface area (Å²) in [5.41, 5.74) is 4.53. The van der Waals surface area contributed by atoms with Gasteiger partial charge in [0.15, 0.2) is 0 Å². The number of pyridine rings is 1. The maximum atomic E-state index is 11.6. The van der Waals surface area contributed by atoms with Crippen LogP contribution in [0.3, 0.4) is 0 Å². The van der Waals surface area contributed by atoms with E-state index in [0.717, 1.165) is 11.1 Å². The minimum atomic E-state index is -0.370. The Balaban J connectivity index is 1.98. The first-order valence-corrected chi connectivity index (χ1v) is 9.11. The van der Waals surface area contributed by atoms with Gasteiger partial charge in [0.05, 0.1) is 22.5 Å². The highest BCUT2D eigenvalue weighted by Gasteiger charge is 2.18. The molecule has 29 heavy (non-hydrogen) atoms. The minimum absolute atomic E-state index is 0.0273. The second kappa shape index (κ2) is 8.27. The molecule has 0 fully saturated rings. The average molecular weight is 379 g/mol. The van der Waals surface area contributed by atoms with E-state index in [4.69, 9.17) is 4.99 Å². The number of hydrogen-bond donors (Lipinski definition) is 0. The van der Waals surface area contributed by atoms with Crippen LogP contribution in [0.25, 0.3) is 22.3 Å². The molecule has 0 amide bonds. The van der Waals surface area contributed by atoms with Gasteiger partial charge in [0.2, 0.25) is 0 Å². The molecule has 0 radical (unpaired) electrons. The maximum Gasteiger partial charge on any atom is 0.270 e. The van der Waals surface area contributed by atoms with Gasteiger partial charge >= 0.3 is 0 Å². The van der Waals surface area contributed by atoms with E-state index >= 15 is 0 Å². The predicted molar refractivity (Wildman–Crippen MR) is 115 cm³/mol. The number of aliphatic imine (C=N–C) groups is 1. The third kappa shape index (κ3) is 4.09. The Hall–Kier alpha value is -4.12. The Morgan fingerprint density at radius 1 is 0.793 bits per heavy atom. The van der Waals surface area contributed by atoms with Crippen LogP contribution in [0.1, 0.15) is 5.69 Å². The van der Waals surface area contributed by atoms with Crippen molar-refractivity contribution in [1.29, 1.82) is 0 Å². The Kier molecular flexibility index (Phi) is 5.21. The van der Waals surface area contributed by atoms with E-state index in [1.807, 2.05) is 78.9 Å². The molecule has 0 aliphatic carbocycles. The van der Waals surface area contributed by atoms with Gasteiger partial charge in [-0.25, -0.2) is 0 Å². The van der Waals surface area contributed by atoms with E-state index in [9.17, 15) is 10.1 Å². The van der Waals surface area contributed by atoms with Crippen LogP contribution in [-0.4, -0.2) is 16.1 Å². The standard InChI is InChI=1S/C24H17N3O2/c28-27(29)21-15-22(18-9-3-1-4-10-18)24(26-17-20-13-7-8-14-25-20)23(16-21)19-11-5-2-6-12-19/h1-17H/b26-17+. The molecule has 0 bridgehead atoms. The number of aromatic nitrogens is 1. The van der Waals surface area contributed by atoms with Gasteiger partial charge < -0.3 is 0 Å². The number of non-ortho nitro benzene ring substituents is 1. The second-order valence-corrected chi connectivity index (χ2v) is 6.39. The van der Waals surface area contributed by atoms with Crippen molar-refractivity contribution < 1.29 is 4.92 Å². The largest absolute Gasteiger partial charge is 0.270 e. The molecule has 0 spiro atoms. The van der Waals surface area contributed by atoms with Crippen molar-refractivity contribution in [3.63, 3.8) is 0 Å². The van der Waals surface area contributed by atoms with Crippen molar-refractivity contribution in [3.05, 3.63) is 113 Å². The topological polar surface area (TPSA) is 68.4 Å². The van der Waals surface area contributed by atoms with Crippen LogP contribution in [-0.2, 0) is 0 Å². The summed E-state index contributed by atoms with van der Waals surface area (Å²) in [7, 11) is 0. The number of nitro benzene ring substituents is 1. The summed E-state index contributed by atoms with van der Waals surface area (Å²) in [6.45, 7) is 0. The number of benzene rings is 3. The predicted octanol–water partition coefficient (Wildman–Crippen LogP) is 6.07. The van der Waals surface area contributed by atoms with Gasteiger partial charge in [-0.2, -0.15) is 0 Å². The highest BCUT2D eigenvalue weighted by molar-refractivity contribution is 5.94. The first-order valence-electron chi connectivity index (χ1n) is 9.11. The van der Waals surface area contributed by atoms with Crippen LogP contribution < -0.4 is 0 Å². The van der Waals surface area contributed by atoms with Gasteiger partial charge in [0.25, 0.3) is 5.69 Å². The molecule has 140 valence electrons. The first-order chi connectivity index (χ1) is 14.2. The molecular weight excluding hydrogens is 362 g/mol. The van der Waals surface area contributed by atoms with Crippen molar-refractivity contribution in [2.24, 2.45) is 4.99 Å². The van der Waals surface area contributed by atoms with Crippen LogP contribution >= 0.6 is 0 Å². The molecule has 0 unspecified atom stereocenters. The Morgan fingerprint density at radius 2 is 1.34 bits per heavy atom. The lowest BCUT2D eigenvalue weighted by Crippen LogP contribution is -1.93. The monoisotopic (exact) mass is 379 g/mol. The number of nitrogens with zero attached hydrogens (tertiary/aromatic N) is 3. The summed E-state index contributed by atoms with van der Waals surface area (Å²) in [6.07, 6.45) is 3.38. The molecule has 5 nitrogen and oxygen atoms in total. The molecular formula is C24H17N3O2. The van der Waals surface area contributed by atoms with Gasteiger partial charge in [-0.15, -0.1) is 0 Å². The molecule has 1 heterocycles. The zero-order valence-corrected chi connectivity index (χ0v) is 15.5. The summed E-state index contributed by atoms with van der Waals surface area (Å²) < 4.78 is 0. The maximum absolute atomic E-state index is 11.6. The molecule has 4 aromatic rings. The van der Waals surface area contributed by atoms with E-state index < -0.39 is 0 Å². The van der Waals surface area contributed by atoms with Gasteiger partial charge in [-0.3, -0.25) is 20.1 Å². The smallest absolute Gasteiger partial charge is 0.258 e. The molecule has 4 rings (SSSR count). The Morgan fingerprint density at radius 3 is 1.83 bits per heavy atom. The van der Waals surface area contributed by atoms with Gasteiger partial charge in [-0.05, 0) is 23.3 Å². The molecule has 5 heteroatoms. The van der Waals surface area contributed by atoms with E-state index in [1.54, 1.807) is 24.5 Å². The average Bonchev–Trinajstić information content (AvgIpc) is 2.79. The molecule has 0 aliphatic rings. The van der Waals surface area contributed by atoms with E-state index in [-0.39, 0.29) is 10.6 Å².